The fraction of sp³-hybridized carbons (Fsp3) is 0.767. The molecule has 4 fully saturated rings. The van der Waals surface area contributed by atoms with Gasteiger partial charge in [0.2, 0.25) is 11.8 Å². The second-order valence-electron chi connectivity index (χ2n) is 11.5. The second kappa shape index (κ2) is 13.0. The zero-order valence-electron chi connectivity index (χ0n) is 23.0. The lowest BCUT2D eigenvalue weighted by atomic mass is 9.66. The van der Waals surface area contributed by atoms with Gasteiger partial charge in [-0.25, -0.2) is 0 Å². The van der Waals surface area contributed by atoms with Crippen LogP contribution < -0.4 is 0 Å². The van der Waals surface area contributed by atoms with Crippen LogP contribution in [-0.2, 0) is 19.1 Å². The first-order chi connectivity index (χ1) is 18.4. The van der Waals surface area contributed by atoms with Crippen LogP contribution in [0.2, 0.25) is 0 Å². The maximum atomic E-state index is 14.5. The topological polar surface area (TPSA) is 87.2 Å². The lowest BCUT2D eigenvalue weighted by Crippen LogP contribution is -2.59. The van der Waals surface area contributed by atoms with Crippen molar-refractivity contribution in [1.82, 2.24) is 9.80 Å². The highest BCUT2D eigenvalue weighted by atomic mass is 32.2. The fourth-order valence-electron chi connectivity index (χ4n) is 7.47. The summed E-state index contributed by atoms with van der Waals surface area (Å²) >= 11 is 1.71. The molecule has 6 atom stereocenters. The number of amides is 2. The number of rotatable bonds is 14. The van der Waals surface area contributed by atoms with Gasteiger partial charge >= 0.3 is 5.97 Å². The number of carbonyl (C=O) groups is 3. The van der Waals surface area contributed by atoms with Gasteiger partial charge in [-0.15, -0.1) is 24.9 Å². The molecule has 4 aliphatic rings. The molecule has 1 aliphatic carbocycles. The molecule has 0 aromatic heterocycles. The van der Waals surface area contributed by atoms with Gasteiger partial charge in [0.05, 0.1) is 23.2 Å². The first-order valence-corrected chi connectivity index (χ1v) is 15.6. The Morgan fingerprint density at radius 1 is 1.16 bits per heavy atom. The van der Waals surface area contributed by atoms with Crippen LogP contribution in [0, 0.1) is 17.8 Å². The van der Waals surface area contributed by atoms with E-state index in [1.165, 1.54) is 6.42 Å². The Kier molecular flexibility index (Phi) is 10.0. The predicted molar refractivity (Wildman–Crippen MR) is 150 cm³/mol. The molecule has 212 valence electrons. The zero-order valence-corrected chi connectivity index (χ0v) is 23.8. The number of aliphatic hydroxyl groups excluding tert-OH is 1. The van der Waals surface area contributed by atoms with Crippen molar-refractivity contribution in [1.29, 1.82) is 0 Å². The molecule has 3 unspecified atom stereocenters. The Hall–Kier alpha value is -1.80. The van der Waals surface area contributed by atoms with Crippen molar-refractivity contribution in [3.63, 3.8) is 0 Å². The number of ether oxygens (including phenoxy) is 1. The minimum absolute atomic E-state index is 0.00273. The molecule has 8 heteroatoms. The Morgan fingerprint density at radius 2 is 1.92 bits per heavy atom. The molecule has 2 bridgehead atoms. The van der Waals surface area contributed by atoms with Crippen LogP contribution in [0.1, 0.15) is 77.6 Å². The van der Waals surface area contributed by atoms with Crippen LogP contribution in [0.5, 0.6) is 0 Å². The molecule has 7 nitrogen and oxygen atoms in total. The smallest absolute Gasteiger partial charge is 0.310 e. The van der Waals surface area contributed by atoms with Crippen molar-refractivity contribution in [3.8, 4) is 0 Å². The molecule has 1 saturated carbocycles. The lowest BCUT2D eigenvalue weighted by Gasteiger charge is -2.43. The molecule has 0 aromatic rings. The van der Waals surface area contributed by atoms with Crippen LogP contribution in [0.3, 0.4) is 0 Å². The van der Waals surface area contributed by atoms with Crippen molar-refractivity contribution < 1.29 is 24.2 Å². The van der Waals surface area contributed by atoms with Gasteiger partial charge in [-0.05, 0) is 57.3 Å². The Balaban J connectivity index is 1.63. The Labute approximate surface area is 232 Å². The fourth-order valence-corrected chi connectivity index (χ4v) is 9.87. The first-order valence-electron chi connectivity index (χ1n) is 14.7. The van der Waals surface area contributed by atoms with Gasteiger partial charge in [0.1, 0.15) is 6.04 Å². The van der Waals surface area contributed by atoms with E-state index in [9.17, 15) is 19.5 Å². The number of carbonyl (C=O) groups excluding carboxylic acids is 3. The number of hydrogen-bond acceptors (Lipinski definition) is 6. The molecular formula is C30H46N2O5S. The molecule has 2 amide bonds. The number of likely N-dealkylation sites (tertiary alicyclic amines) is 1. The van der Waals surface area contributed by atoms with E-state index in [2.05, 4.69) is 20.1 Å². The van der Waals surface area contributed by atoms with Gasteiger partial charge in [0.25, 0.3) is 0 Å². The lowest BCUT2D eigenvalue weighted by molar-refractivity contribution is -0.154. The highest BCUT2D eigenvalue weighted by Gasteiger charge is 2.76. The number of allylic oxidation sites excluding steroid dienone is 1. The minimum Gasteiger partial charge on any atom is -0.465 e. The average Bonchev–Trinajstić information content (AvgIpc) is 3.51. The first kappa shape index (κ1) is 29.2. The van der Waals surface area contributed by atoms with Crippen molar-refractivity contribution >= 4 is 29.5 Å². The molecule has 38 heavy (non-hydrogen) atoms. The Morgan fingerprint density at radius 3 is 2.61 bits per heavy atom. The minimum atomic E-state index is -0.626. The SMILES string of the molecule is C=CCCCCOC(=O)[C@@H]1[C@@H]2CC(C)C3(S2)C(C(=O)N(CC=C)C2CCCCC2)N(CCCCO)C(=O)[C@H]13. The number of nitrogens with zero attached hydrogens (tertiary/aromatic N) is 2. The molecule has 3 aliphatic heterocycles. The normalized spacial score (nSPS) is 32.3. The largest absolute Gasteiger partial charge is 0.465 e. The zero-order chi connectivity index (χ0) is 27.3. The predicted octanol–water partition coefficient (Wildman–Crippen LogP) is 4.34. The molecule has 1 N–H and O–H groups in total. The number of fused-ring (bicyclic) bond motifs is 1. The molecule has 4 rings (SSSR count). The van der Waals surface area contributed by atoms with Gasteiger partial charge in [-0.2, -0.15) is 0 Å². The third-order valence-corrected chi connectivity index (χ3v) is 11.3. The summed E-state index contributed by atoms with van der Waals surface area (Å²) in [7, 11) is 0. The van der Waals surface area contributed by atoms with E-state index < -0.39 is 22.6 Å². The summed E-state index contributed by atoms with van der Waals surface area (Å²) in [6.45, 7) is 11.1. The summed E-state index contributed by atoms with van der Waals surface area (Å²) in [5.74, 6) is -1.27. The third-order valence-electron chi connectivity index (χ3n) is 9.23. The number of hydrogen-bond donors (Lipinski definition) is 1. The van der Waals surface area contributed by atoms with Gasteiger partial charge < -0.3 is 19.6 Å². The number of thioether (sulfide) groups is 1. The number of unbranched alkanes of at least 4 members (excludes halogenated alkanes) is 3. The molecule has 3 saturated heterocycles. The van der Waals surface area contributed by atoms with E-state index in [0.717, 1.165) is 51.4 Å². The number of aliphatic hydroxyl groups is 1. The Bertz CT molecular complexity index is 890. The molecule has 0 aromatic carbocycles. The van der Waals surface area contributed by atoms with Crippen LogP contribution >= 0.6 is 11.8 Å². The molecular weight excluding hydrogens is 500 g/mol. The standard InChI is InChI=1S/C30H46N2O5S/c1-4-6-7-13-19-37-29(36)24-23-20-21(3)30(38-23)25(24)27(34)32(17-11-12-18-33)26(30)28(35)31(16-5-2)22-14-9-8-10-15-22/h4-5,21-26,33H,1-2,6-20H2,3H3/t21?,23-,24+,25-,26?,30?/m0/s1. The van der Waals surface area contributed by atoms with Crippen LogP contribution in [0.4, 0.5) is 0 Å². The molecule has 1 spiro atoms. The van der Waals surface area contributed by atoms with Crippen molar-refractivity contribution in [2.24, 2.45) is 17.8 Å². The maximum absolute atomic E-state index is 14.5. The van der Waals surface area contributed by atoms with E-state index in [1.807, 2.05) is 11.0 Å². The van der Waals surface area contributed by atoms with Crippen molar-refractivity contribution in [2.75, 3.05) is 26.3 Å². The van der Waals surface area contributed by atoms with E-state index in [4.69, 9.17) is 4.74 Å². The van der Waals surface area contributed by atoms with E-state index in [1.54, 1.807) is 22.7 Å². The third kappa shape index (κ3) is 5.32. The maximum Gasteiger partial charge on any atom is 0.310 e. The number of esters is 1. The highest BCUT2D eigenvalue weighted by molar-refractivity contribution is 8.02. The summed E-state index contributed by atoms with van der Waals surface area (Å²) < 4.78 is 5.10. The van der Waals surface area contributed by atoms with Crippen LogP contribution in [0.25, 0.3) is 0 Å². The van der Waals surface area contributed by atoms with Gasteiger partial charge in [0, 0.05) is 31.0 Å². The van der Waals surface area contributed by atoms with E-state index in [0.29, 0.717) is 32.5 Å². The summed E-state index contributed by atoms with van der Waals surface area (Å²) in [6.07, 6.45) is 13.6. The highest BCUT2D eigenvalue weighted by Crippen LogP contribution is 2.68. The second-order valence-corrected chi connectivity index (χ2v) is 13.1. The van der Waals surface area contributed by atoms with Crippen molar-refractivity contribution in [2.45, 2.75) is 99.6 Å². The average molecular weight is 547 g/mol. The van der Waals surface area contributed by atoms with Gasteiger partial charge in [-0.3, -0.25) is 14.4 Å². The quantitative estimate of drug-likeness (QED) is 0.198. The van der Waals surface area contributed by atoms with Crippen LogP contribution in [0.15, 0.2) is 25.3 Å². The van der Waals surface area contributed by atoms with Crippen molar-refractivity contribution in [3.05, 3.63) is 25.3 Å². The molecule has 0 radical (unpaired) electrons. The summed E-state index contributed by atoms with van der Waals surface area (Å²) in [5.41, 5.74) is 0. The van der Waals surface area contributed by atoms with Gasteiger partial charge in [-0.1, -0.05) is 38.3 Å². The monoisotopic (exact) mass is 546 g/mol. The van der Waals surface area contributed by atoms with Crippen LogP contribution in [-0.4, -0.2) is 81.1 Å². The summed E-state index contributed by atoms with van der Waals surface area (Å²) in [5, 5.41) is 9.40. The summed E-state index contributed by atoms with van der Waals surface area (Å²) in [6, 6.07) is -0.440. The summed E-state index contributed by atoms with van der Waals surface area (Å²) in [4.78, 5) is 45.9. The van der Waals surface area contributed by atoms with E-state index >= 15 is 0 Å². The van der Waals surface area contributed by atoms with E-state index in [-0.39, 0.29) is 41.6 Å². The molecule has 3 heterocycles. The van der Waals surface area contributed by atoms with Gasteiger partial charge in [0.15, 0.2) is 0 Å².